The predicted molar refractivity (Wildman–Crippen MR) is 56.3 cm³/mol. The van der Waals surface area contributed by atoms with Crippen LogP contribution in [-0.4, -0.2) is 19.6 Å². The van der Waals surface area contributed by atoms with Crippen LogP contribution in [0.1, 0.15) is 13.8 Å². The zero-order valence-corrected chi connectivity index (χ0v) is 8.49. The minimum absolute atomic E-state index is 0.591. The molecule has 0 N–H and O–H groups in total. The van der Waals surface area contributed by atoms with Crippen molar-refractivity contribution < 1.29 is 9.53 Å². The molecule has 0 aromatic heterocycles. The average molecular weight is 192 g/mol. The molecule has 0 saturated carbocycles. The van der Waals surface area contributed by atoms with E-state index in [-0.39, 0.29) is 0 Å². The van der Waals surface area contributed by atoms with E-state index in [9.17, 15) is 4.79 Å². The van der Waals surface area contributed by atoms with Gasteiger partial charge in [-0.25, -0.2) is 0 Å². The summed E-state index contributed by atoms with van der Waals surface area (Å²) in [5.74, 6) is 0.722. The number of rotatable bonds is 5. The number of para-hydroxylation sites is 2. The van der Waals surface area contributed by atoms with Gasteiger partial charge in [-0.2, -0.15) is 0 Å². The average Bonchev–Trinajstić information content (AvgIpc) is 2.23. The van der Waals surface area contributed by atoms with Crippen LogP contribution in [0, 0.1) is 0 Å². The molecule has 0 aliphatic rings. The molecule has 0 aliphatic carbocycles. The summed E-state index contributed by atoms with van der Waals surface area (Å²) in [4.78, 5) is 12.1. The van der Waals surface area contributed by atoms with Crippen molar-refractivity contribution in [3.8, 4) is 5.75 Å². The van der Waals surface area contributed by atoms with Crippen LogP contribution >= 0.6 is 0 Å². The number of carbonyl (C=O) groups excluding carboxylic acids is 1. The fourth-order valence-corrected chi connectivity index (χ4v) is 1.24. The molecule has 3 heteroatoms. The van der Waals surface area contributed by atoms with Crippen molar-refractivity contribution in [1.29, 1.82) is 0 Å². The smallest absolute Gasteiger partial charge is 0.316 e. The highest BCUT2D eigenvalue weighted by atomic mass is 16.5. The van der Waals surface area contributed by atoms with E-state index in [1.807, 2.05) is 44.5 Å². The van der Waals surface area contributed by atoms with E-state index in [4.69, 9.17) is 4.74 Å². The summed E-state index contributed by atoms with van der Waals surface area (Å²) in [6.07, 6.45) is 1.87. The second-order valence-electron chi connectivity index (χ2n) is 2.74. The maximum atomic E-state index is 10.6. The van der Waals surface area contributed by atoms with E-state index in [0.29, 0.717) is 13.2 Å². The first-order chi connectivity index (χ1) is 6.83. The first-order valence-electron chi connectivity index (χ1n) is 4.70. The van der Waals surface area contributed by atoms with Crippen molar-refractivity contribution in [1.82, 2.24) is 0 Å². The first kappa shape index (κ1) is 10.6. The number of hydrogen-bond donors (Lipinski definition) is 0. The Kier molecular flexibility index (Phi) is 3.98. The second kappa shape index (κ2) is 5.27. The summed E-state index contributed by atoms with van der Waals surface area (Å²) in [6, 6.07) is 7.45. The predicted octanol–water partition coefficient (Wildman–Crippen LogP) is 1.98. The van der Waals surface area contributed by atoms with Gasteiger partial charge in [0.1, 0.15) is 5.75 Å². The number of anilines is 1. The molecule has 1 aromatic rings. The standard InChI is InChI=1S/C11H14NO2/c1-3-12(9-13)10-7-5-6-8-11(10)14-4-2/h5-8H,3-4H2,1-2H3. The number of nitrogens with zero attached hydrogens (tertiary/aromatic N) is 1. The van der Waals surface area contributed by atoms with Gasteiger partial charge in [0.05, 0.1) is 12.3 Å². The molecular weight excluding hydrogens is 178 g/mol. The fraction of sp³-hybridized carbons (Fsp3) is 0.364. The third-order valence-corrected chi connectivity index (χ3v) is 1.88. The largest absolute Gasteiger partial charge is 0.492 e. The Morgan fingerprint density at radius 2 is 2.07 bits per heavy atom. The molecule has 75 valence electrons. The van der Waals surface area contributed by atoms with Crippen molar-refractivity contribution in [2.75, 3.05) is 18.1 Å². The van der Waals surface area contributed by atoms with Gasteiger partial charge in [0.2, 0.25) is 0 Å². The highest BCUT2D eigenvalue weighted by Crippen LogP contribution is 2.26. The monoisotopic (exact) mass is 192 g/mol. The van der Waals surface area contributed by atoms with E-state index < -0.39 is 0 Å². The number of benzene rings is 1. The lowest BCUT2D eigenvalue weighted by atomic mass is 10.2. The molecule has 1 amide bonds. The second-order valence-corrected chi connectivity index (χ2v) is 2.74. The van der Waals surface area contributed by atoms with Crippen molar-refractivity contribution in [3.63, 3.8) is 0 Å². The van der Waals surface area contributed by atoms with Gasteiger partial charge in [-0.15, -0.1) is 0 Å². The Labute approximate surface area is 84.3 Å². The molecule has 3 nitrogen and oxygen atoms in total. The van der Waals surface area contributed by atoms with Crippen LogP contribution in [-0.2, 0) is 4.79 Å². The molecule has 0 unspecified atom stereocenters. The van der Waals surface area contributed by atoms with E-state index >= 15 is 0 Å². The van der Waals surface area contributed by atoms with Crippen LogP contribution in [0.2, 0.25) is 0 Å². The highest BCUT2D eigenvalue weighted by molar-refractivity contribution is 5.79. The van der Waals surface area contributed by atoms with Gasteiger partial charge in [-0.05, 0) is 26.0 Å². The summed E-state index contributed by atoms with van der Waals surface area (Å²) >= 11 is 0. The Morgan fingerprint density at radius 3 is 2.64 bits per heavy atom. The normalized spacial score (nSPS) is 9.57. The van der Waals surface area contributed by atoms with Crippen molar-refractivity contribution >= 4 is 12.1 Å². The van der Waals surface area contributed by atoms with Gasteiger partial charge in [0.15, 0.2) is 0 Å². The lowest BCUT2D eigenvalue weighted by Gasteiger charge is -2.17. The van der Waals surface area contributed by atoms with Crippen LogP contribution in [0.5, 0.6) is 5.75 Å². The SMILES string of the molecule is CCOc1ccccc1N([C]=O)CC. The molecule has 1 aromatic carbocycles. The zero-order chi connectivity index (χ0) is 10.4. The zero-order valence-electron chi connectivity index (χ0n) is 8.49. The molecule has 1 rings (SSSR count). The van der Waals surface area contributed by atoms with Gasteiger partial charge >= 0.3 is 6.41 Å². The van der Waals surface area contributed by atoms with Crippen LogP contribution in [0.25, 0.3) is 0 Å². The van der Waals surface area contributed by atoms with Gasteiger partial charge < -0.3 is 9.64 Å². The maximum absolute atomic E-state index is 10.6. The minimum atomic E-state index is 0.591. The van der Waals surface area contributed by atoms with Crippen LogP contribution in [0.4, 0.5) is 5.69 Å². The molecule has 0 heterocycles. The Morgan fingerprint density at radius 1 is 1.36 bits per heavy atom. The van der Waals surface area contributed by atoms with Crippen molar-refractivity contribution in [2.24, 2.45) is 0 Å². The van der Waals surface area contributed by atoms with Crippen LogP contribution in [0.3, 0.4) is 0 Å². The first-order valence-corrected chi connectivity index (χ1v) is 4.70. The lowest BCUT2D eigenvalue weighted by molar-refractivity contribution is 0.341. The summed E-state index contributed by atoms with van der Waals surface area (Å²) in [5, 5.41) is 0. The van der Waals surface area contributed by atoms with Crippen LogP contribution < -0.4 is 9.64 Å². The number of hydrogen-bond acceptors (Lipinski definition) is 2. The molecule has 0 bridgehead atoms. The van der Waals surface area contributed by atoms with Crippen LogP contribution in [0.15, 0.2) is 24.3 Å². The van der Waals surface area contributed by atoms with E-state index in [1.165, 1.54) is 4.90 Å². The van der Waals surface area contributed by atoms with Gasteiger partial charge in [-0.3, -0.25) is 4.79 Å². The van der Waals surface area contributed by atoms with Crippen molar-refractivity contribution in [2.45, 2.75) is 13.8 Å². The highest BCUT2D eigenvalue weighted by Gasteiger charge is 2.09. The maximum Gasteiger partial charge on any atom is 0.316 e. The summed E-state index contributed by atoms with van der Waals surface area (Å²) < 4.78 is 5.40. The van der Waals surface area contributed by atoms with Gasteiger partial charge in [-0.1, -0.05) is 12.1 Å². The van der Waals surface area contributed by atoms with E-state index in [1.54, 1.807) is 0 Å². The van der Waals surface area contributed by atoms with E-state index in [2.05, 4.69) is 0 Å². The Hall–Kier alpha value is -1.51. The topological polar surface area (TPSA) is 29.5 Å². The summed E-state index contributed by atoms with van der Waals surface area (Å²) in [6.45, 7) is 4.99. The number of amides is 1. The molecule has 0 atom stereocenters. The van der Waals surface area contributed by atoms with E-state index in [0.717, 1.165) is 11.4 Å². The van der Waals surface area contributed by atoms with Gasteiger partial charge in [0.25, 0.3) is 0 Å². The molecule has 14 heavy (non-hydrogen) atoms. The van der Waals surface area contributed by atoms with Crippen molar-refractivity contribution in [3.05, 3.63) is 24.3 Å². The Bertz CT molecular complexity index is 299. The molecule has 0 saturated heterocycles. The fourth-order valence-electron chi connectivity index (χ4n) is 1.24. The summed E-state index contributed by atoms with van der Waals surface area (Å²) in [7, 11) is 0. The Balaban J connectivity index is 2.98. The molecule has 0 spiro atoms. The lowest BCUT2D eigenvalue weighted by Crippen LogP contribution is -2.20. The molecule has 1 radical (unpaired) electrons. The van der Waals surface area contributed by atoms with Gasteiger partial charge in [0, 0.05) is 6.54 Å². The quantitative estimate of drug-likeness (QED) is 0.667. The molecule has 0 aliphatic heterocycles. The third-order valence-electron chi connectivity index (χ3n) is 1.88. The third kappa shape index (κ3) is 2.25. The number of ether oxygens (including phenoxy) is 1. The molecule has 0 fully saturated rings. The summed E-state index contributed by atoms with van der Waals surface area (Å²) in [5.41, 5.74) is 0.770. The molecular formula is C11H14NO2. The minimum Gasteiger partial charge on any atom is -0.492 e.